The van der Waals surface area contributed by atoms with Crippen molar-refractivity contribution in [2.75, 3.05) is 38.3 Å². The summed E-state index contributed by atoms with van der Waals surface area (Å²) >= 11 is 6.06. The zero-order chi connectivity index (χ0) is 20.5. The molecule has 3 aromatic rings. The number of ether oxygens (including phenoxy) is 2. The molecular weight excluding hydrogens is 406 g/mol. The van der Waals surface area contributed by atoms with Crippen LogP contribution in [0.15, 0.2) is 46.9 Å². The van der Waals surface area contributed by atoms with Crippen LogP contribution in [0.3, 0.4) is 0 Å². The molecule has 0 bridgehead atoms. The van der Waals surface area contributed by atoms with Crippen LogP contribution in [-0.4, -0.2) is 48.8 Å². The van der Waals surface area contributed by atoms with E-state index >= 15 is 0 Å². The van der Waals surface area contributed by atoms with E-state index in [1.165, 1.54) is 0 Å². The van der Waals surface area contributed by atoms with Crippen molar-refractivity contribution >= 4 is 34.3 Å². The summed E-state index contributed by atoms with van der Waals surface area (Å²) in [4.78, 5) is 16.9. The van der Waals surface area contributed by atoms with E-state index < -0.39 is 0 Å². The predicted octanol–water partition coefficient (Wildman–Crippen LogP) is 4.55. The van der Waals surface area contributed by atoms with Gasteiger partial charge in [-0.15, -0.1) is 0 Å². The number of anilines is 1. The minimum absolute atomic E-state index is 0.103. The first kappa shape index (κ1) is 19.1. The third-order valence-corrected chi connectivity index (χ3v) is 5.64. The monoisotopic (exact) mass is 427 g/mol. The molecule has 30 heavy (non-hydrogen) atoms. The van der Waals surface area contributed by atoms with Gasteiger partial charge in [0.15, 0.2) is 11.5 Å². The van der Waals surface area contributed by atoms with Crippen LogP contribution < -0.4 is 14.8 Å². The minimum Gasteiger partial charge on any atom is -0.460 e. The largest absolute Gasteiger partial charge is 0.460 e. The van der Waals surface area contributed by atoms with Gasteiger partial charge in [-0.2, -0.15) is 0 Å². The van der Waals surface area contributed by atoms with Gasteiger partial charge >= 0.3 is 6.03 Å². The Morgan fingerprint density at radius 2 is 1.90 bits per heavy atom. The summed E-state index contributed by atoms with van der Waals surface area (Å²) in [7, 11) is 0. The van der Waals surface area contributed by atoms with Crippen LogP contribution in [0.1, 0.15) is 12.2 Å². The van der Waals surface area contributed by atoms with Crippen molar-refractivity contribution < 1.29 is 18.7 Å². The molecule has 1 N–H and O–H groups in total. The molecule has 156 valence electrons. The number of nitrogens with zero attached hydrogens (tertiary/aromatic N) is 2. The average Bonchev–Trinajstić information content (AvgIpc) is 3.28. The van der Waals surface area contributed by atoms with E-state index in [-0.39, 0.29) is 12.8 Å². The molecule has 1 saturated heterocycles. The highest BCUT2D eigenvalue weighted by atomic mass is 35.5. The fourth-order valence-corrected chi connectivity index (χ4v) is 4.06. The first-order valence-electron chi connectivity index (χ1n) is 10.00. The summed E-state index contributed by atoms with van der Waals surface area (Å²) in [6.07, 6.45) is 0.903. The standard InChI is InChI=1S/C22H22ClN3O4/c23-16-2-4-19-15(10-16)11-18(30-19)13-25-6-1-7-26(9-8-25)22(27)24-17-3-5-20-21(12-17)29-14-28-20/h2-5,10-12H,1,6-9,13-14H2,(H,24,27). The smallest absolute Gasteiger partial charge is 0.321 e. The molecule has 0 radical (unpaired) electrons. The van der Waals surface area contributed by atoms with Gasteiger partial charge in [-0.3, -0.25) is 4.90 Å². The Hall–Kier alpha value is -2.90. The Labute approximate surface area is 179 Å². The summed E-state index contributed by atoms with van der Waals surface area (Å²) in [6.45, 7) is 3.99. The summed E-state index contributed by atoms with van der Waals surface area (Å²) in [5.74, 6) is 2.26. The predicted molar refractivity (Wildman–Crippen MR) is 114 cm³/mol. The molecule has 0 aliphatic carbocycles. The highest BCUT2D eigenvalue weighted by Gasteiger charge is 2.21. The van der Waals surface area contributed by atoms with Crippen LogP contribution in [0.4, 0.5) is 10.5 Å². The lowest BCUT2D eigenvalue weighted by Gasteiger charge is -2.22. The first-order valence-corrected chi connectivity index (χ1v) is 10.4. The fourth-order valence-electron chi connectivity index (χ4n) is 3.88. The Morgan fingerprint density at radius 1 is 1.00 bits per heavy atom. The normalized spacial score (nSPS) is 16.6. The van der Waals surface area contributed by atoms with Gasteiger partial charge < -0.3 is 24.1 Å². The molecule has 2 amide bonds. The second-order valence-electron chi connectivity index (χ2n) is 7.51. The molecule has 5 rings (SSSR count). The van der Waals surface area contributed by atoms with Gasteiger partial charge in [0, 0.05) is 48.3 Å². The maximum Gasteiger partial charge on any atom is 0.321 e. The molecule has 0 atom stereocenters. The second-order valence-corrected chi connectivity index (χ2v) is 7.95. The number of amides is 2. The van der Waals surface area contributed by atoms with Crippen molar-refractivity contribution in [1.82, 2.24) is 9.80 Å². The van der Waals surface area contributed by atoms with Crippen LogP contribution in [0.5, 0.6) is 11.5 Å². The molecule has 0 unspecified atom stereocenters. The molecule has 2 aromatic carbocycles. The van der Waals surface area contributed by atoms with Gasteiger partial charge in [0.25, 0.3) is 0 Å². The highest BCUT2D eigenvalue weighted by Crippen LogP contribution is 2.34. The summed E-state index contributed by atoms with van der Waals surface area (Å²) < 4.78 is 16.6. The van der Waals surface area contributed by atoms with Crippen molar-refractivity contribution in [2.24, 2.45) is 0 Å². The molecular formula is C22H22ClN3O4. The molecule has 8 heteroatoms. The molecule has 0 saturated carbocycles. The van der Waals surface area contributed by atoms with Crippen molar-refractivity contribution in [2.45, 2.75) is 13.0 Å². The number of urea groups is 1. The van der Waals surface area contributed by atoms with Crippen molar-refractivity contribution in [1.29, 1.82) is 0 Å². The topological polar surface area (TPSA) is 67.2 Å². The molecule has 2 aliphatic heterocycles. The van der Waals surface area contributed by atoms with Gasteiger partial charge in [0.05, 0.1) is 6.54 Å². The molecule has 1 fully saturated rings. The number of furan rings is 1. The number of carbonyl (C=O) groups is 1. The first-order chi connectivity index (χ1) is 14.6. The number of rotatable bonds is 3. The van der Waals surface area contributed by atoms with E-state index in [0.717, 1.165) is 36.2 Å². The van der Waals surface area contributed by atoms with Crippen molar-refractivity contribution in [3.05, 3.63) is 53.2 Å². The Balaban J connectivity index is 1.19. The number of carbonyl (C=O) groups excluding carboxylic acids is 1. The van der Waals surface area contributed by atoms with Crippen LogP contribution in [0.2, 0.25) is 5.02 Å². The van der Waals surface area contributed by atoms with Gasteiger partial charge in [-0.1, -0.05) is 11.6 Å². The third-order valence-electron chi connectivity index (χ3n) is 5.41. The maximum atomic E-state index is 12.7. The second kappa shape index (κ2) is 8.08. The lowest BCUT2D eigenvalue weighted by atomic mass is 10.2. The van der Waals surface area contributed by atoms with Crippen LogP contribution in [0, 0.1) is 0 Å². The van der Waals surface area contributed by atoms with Gasteiger partial charge in [-0.05, 0) is 42.8 Å². The maximum absolute atomic E-state index is 12.7. The van der Waals surface area contributed by atoms with E-state index in [1.54, 1.807) is 6.07 Å². The molecule has 2 aliphatic rings. The van der Waals surface area contributed by atoms with Crippen molar-refractivity contribution in [3.63, 3.8) is 0 Å². The minimum atomic E-state index is -0.103. The summed E-state index contributed by atoms with van der Waals surface area (Å²) in [5, 5.41) is 4.67. The SMILES string of the molecule is O=C(Nc1ccc2c(c1)OCO2)N1CCCN(Cc2cc3cc(Cl)ccc3o2)CC1. The van der Waals surface area contributed by atoms with Crippen LogP contribution in [0.25, 0.3) is 11.0 Å². The zero-order valence-electron chi connectivity index (χ0n) is 16.4. The van der Waals surface area contributed by atoms with Crippen LogP contribution >= 0.6 is 11.6 Å². The number of benzene rings is 2. The van der Waals surface area contributed by atoms with E-state index in [9.17, 15) is 4.79 Å². The van der Waals surface area contributed by atoms with Gasteiger partial charge in [0.2, 0.25) is 6.79 Å². The highest BCUT2D eigenvalue weighted by molar-refractivity contribution is 6.31. The van der Waals surface area contributed by atoms with Gasteiger partial charge in [-0.25, -0.2) is 4.79 Å². The number of halogens is 1. The quantitative estimate of drug-likeness (QED) is 0.664. The fraction of sp³-hybridized carbons (Fsp3) is 0.318. The average molecular weight is 428 g/mol. The Kier molecular flexibility index (Phi) is 5.14. The summed E-state index contributed by atoms with van der Waals surface area (Å²) in [5.41, 5.74) is 1.54. The van der Waals surface area contributed by atoms with Gasteiger partial charge in [0.1, 0.15) is 11.3 Å². The summed E-state index contributed by atoms with van der Waals surface area (Å²) in [6, 6.07) is 13.0. The number of hydrogen-bond donors (Lipinski definition) is 1. The lowest BCUT2D eigenvalue weighted by molar-refractivity contribution is 0.174. The van der Waals surface area contributed by atoms with E-state index in [2.05, 4.69) is 10.2 Å². The number of fused-ring (bicyclic) bond motifs is 2. The molecule has 7 nitrogen and oxygen atoms in total. The number of hydrogen-bond acceptors (Lipinski definition) is 5. The zero-order valence-corrected chi connectivity index (χ0v) is 17.2. The van der Waals surface area contributed by atoms with E-state index in [0.29, 0.717) is 41.8 Å². The Bertz CT molecular complexity index is 1080. The number of nitrogens with one attached hydrogen (secondary N) is 1. The third kappa shape index (κ3) is 4.04. The van der Waals surface area contributed by atoms with E-state index in [1.807, 2.05) is 41.3 Å². The van der Waals surface area contributed by atoms with Crippen LogP contribution in [-0.2, 0) is 6.54 Å². The molecule has 3 heterocycles. The van der Waals surface area contributed by atoms with Crippen molar-refractivity contribution in [3.8, 4) is 11.5 Å². The lowest BCUT2D eigenvalue weighted by Crippen LogP contribution is -2.38. The molecule has 1 aromatic heterocycles. The molecule has 0 spiro atoms. The Morgan fingerprint density at radius 3 is 2.83 bits per heavy atom. The van der Waals surface area contributed by atoms with E-state index in [4.69, 9.17) is 25.5 Å².